The number of aromatic nitrogens is 2. The number of carbonyl (C=O) groups is 1. The molecule has 5 nitrogen and oxygen atoms in total. The van der Waals surface area contributed by atoms with E-state index in [9.17, 15) is 4.79 Å². The van der Waals surface area contributed by atoms with Crippen molar-refractivity contribution in [3.05, 3.63) is 40.7 Å². The molecular weight excluding hydrogens is 236 g/mol. The van der Waals surface area contributed by atoms with Crippen molar-refractivity contribution in [2.75, 3.05) is 5.32 Å². The third-order valence-electron chi connectivity index (χ3n) is 2.52. The molecule has 2 N–H and O–H groups in total. The van der Waals surface area contributed by atoms with Gasteiger partial charge in [-0.3, -0.25) is 15.1 Å². The standard InChI is InChI=1S/C11H10N4OS/c16-10(7-1-3-12-4-2-7)15-11-14-8-5-13-6-9(8)17-11/h1-4,13H,5-6H2,(H,14,15,16). The summed E-state index contributed by atoms with van der Waals surface area (Å²) in [6.07, 6.45) is 3.20. The normalized spacial score (nSPS) is 13.4. The van der Waals surface area contributed by atoms with E-state index in [0.717, 1.165) is 18.8 Å². The zero-order valence-corrected chi connectivity index (χ0v) is 9.75. The Bertz CT molecular complexity index is 530. The van der Waals surface area contributed by atoms with E-state index in [-0.39, 0.29) is 5.91 Å². The molecule has 6 heteroatoms. The van der Waals surface area contributed by atoms with Gasteiger partial charge in [0.2, 0.25) is 0 Å². The van der Waals surface area contributed by atoms with Gasteiger partial charge in [0.15, 0.2) is 5.13 Å². The lowest BCUT2D eigenvalue weighted by Gasteiger charge is -2.00. The smallest absolute Gasteiger partial charge is 0.257 e. The highest BCUT2D eigenvalue weighted by Gasteiger charge is 2.17. The van der Waals surface area contributed by atoms with Crippen LogP contribution in [0.25, 0.3) is 0 Å². The van der Waals surface area contributed by atoms with Crippen molar-refractivity contribution in [3.8, 4) is 0 Å². The maximum Gasteiger partial charge on any atom is 0.257 e. The first kappa shape index (κ1) is 10.4. The molecule has 1 aliphatic rings. The molecule has 0 saturated carbocycles. The van der Waals surface area contributed by atoms with Gasteiger partial charge in [0, 0.05) is 35.9 Å². The van der Waals surface area contributed by atoms with E-state index in [1.54, 1.807) is 24.5 Å². The Morgan fingerprint density at radius 1 is 1.35 bits per heavy atom. The van der Waals surface area contributed by atoms with Crippen LogP contribution in [0.5, 0.6) is 0 Å². The quantitative estimate of drug-likeness (QED) is 0.840. The van der Waals surface area contributed by atoms with Crippen molar-refractivity contribution in [2.24, 2.45) is 0 Å². The third-order valence-corrected chi connectivity index (χ3v) is 3.53. The molecule has 2 aromatic rings. The van der Waals surface area contributed by atoms with Gasteiger partial charge in [0.05, 0.1) is 5.69 Å². The van der Waals surface area contributed by atoms with E-state index < -0.39 is 0 Å². The van der Waals surface area contributed by atoms with Crippen LogP contribution in [-0.2, 0) is 13.1 Å². The minimum Gasteiger partial charge on any atom is -0.306 e. The first-order valence-electron chi connectivity index (χ1n) is 5.23. The maximum absolute atomic E-state index is 11.9. The summed E-state index contributed by atoms with van der Waals surface area (Å²) < 4.78 is 0. The second-order valence-electron chi connectivity index (χ2n) is 3.68. The van der Waals surface area contributed by atoms with E-state index in [0.29, 0.717) is 10.7 Å². The lowest BCUT2D eigenvalue weighted by Crippen LogP contribution is -2.12. The molecule has 0 radical (unpaired) electrons. The Kier molecular flexibility index (Phi) is 2.58. The largest absolute Gasteiger partial charge is 0.306 e. The molecule has 0 fully saturated rings. The van der Waals surface area contributed by atoms with E-state index in [4.69, 9.17) is 0 Å². The zero-order chi connectivity index (χ0) is 11.7. The predicted molar refractivity (Wildman–Crippen MR) is 64.8 cm³/mol. The molecule has 86 valence electrons. The van der Waals surface area contributed by atoms with Crippen LogP contribution in [-0.4, -0.2) is 15.9 Å². The van der Waals surface area contributed by atoms with Gasteiger partial charge in [0.1, 0.15) is 0 Å². The van der Waals surface area contributed by atoms with Gasteiger partial charge in [-0.2, -0.15) is 0 Å². The van der Waals surface area contributed by atoms with Crippen LogP contribution in [0.4, 0.5) is 5.13 Å². The molecule has 2 aromatic heterocycles. The van der Waals surface area contributed by atoms with Gasteiger partial charge < -0.3 is 5.32 Å². The van der Waals surface area contributed by atoms with Gasteiger partial charge in [-0.1, -0.05) is 0 Å². The second-order valence-corrected chi connectivity index (χ2v) is 4.77. The summed E-state index contributed by atoms with van der Waals surface area (Å²) in [5.74, 6) is -0.146. The molecule has 0 bridgehead atoms. The number of hydrogen-bond donors (Lipinski definition) is 2. The first-order chi connectivity index (χ1) is 8.33. The Labute approximate surface area is 102 Å². The number of pyridine rings is 1. The van der Waals surface area contributed by atoms with Crippen LogP contribution in [0, 0.1) is 0 Å². The van der Waals surface area contributed by atoms with Gasteiger partial charge in [0.25, 0.3) is 5.91 Å². The van der Waals surface area contributed by atoms with Gasteiger partial charge >= 0.3 is 0 Å². The van der Waals surface area contributed by atoms with E-state index in [2.05, 4.69) is 20.6 Å². The molecule has 3 heterocycles. The third kappa shape index (κ3) is 2.04. The molecule has 0 saturated heterocycles. The Hall–Kier alpha value is -1.79. The minimum atomic E-state index is -0.146. The summed E-state index contributed by atoms with van der Waals surface area (Å²) in [6, 6.07) is 3.36. The Morgan fingerprint density at radius 3 is 2.94 bits per heavy atom. The molecule has 17 heavy (non-hydrogen) atoms. The highest BCUT2D eigenvalue weighted by atomic mass is 32.1. The van der Waals surface area contributed by atoms with Gasteiger partial charge in [-0.15, -0.1) is 11.3 Å². The minimum absolute atomic E-state index is 0.146. The number of fused-ring (bicyclic) bond motifs is 1. The number of amides is 1. The zero-order valence-electron chi connectivity index (χ0n) is 8.93. The number of hydrogen-bond acceptors (Lipinski definition) is 5. The summed E-state index contributed by atoms with van der Waals surface area (Å²) >= 11 is 1.52. The van der Waals surface area contributed by atoms with Gasteiger partial charge in [-0.05, 0) is 12.1 Å². The fourth-order valence-electron chi connectivity index (χ4n) is 1.68. The summed E-state index contributed by atoms with van der Waals surface area (Å²) in [5.41, 5.74) is 1.63. The van der Waals surface area contributed by atoms with Crippen molar-refractivity contribution >= 4 is 22.4 Å². The highest BCUT2D eigenvalue weighted by Crippen LogP contribution is 2.26. The fraction of sp³-hybridized carbons (Fsp3) is 0.182. The number of nitrogens with zero attached hydrogens (tertiary/aromatic N) is 2. The monoisotopic (exact) mass is 246 g/mol. The molecule has 0 atom stereocenters. The topological polar surface area (TPSA) is 66.9 Å². The number of anilines is 1. The Balaban J connectivity index is 1.77. The van der Waals surface area contributed by atoms with E-state index in [1.165, 1.54) is 16.2 Å². The maximum atomic E-state index is 11.9. The summed E-state index contributed by atoms with van der Waals surface area (Å²) in [7, 11) is 0. The molecule has 0 spiro atoms. The molecular formula is C11H10N4OS. The summed E-state index contributed by atoms with van der Waals surface area (Å²) in [6.45, 7) is 1.63. The Morgan fingerprint density at radius 2 is 2.18 bits per heavy atom. The average Bonchev–Trinajstić information content (AvgIpc) is 2.90. The molecule has 0 aromatic carbocycles. The lowest BCUT2D eigenvalue weighted by atomic mass is 10.2. The van der Waals surface area contributed by atoms with Crippen molar-refractivity contribution < 1.29 is 4.79 Å². The average molecular weight is 246 g/mol. The SMILES string of the molecule is O=C(Nc1nc2c(s1)CNC2)c1ccncc1. The number of nitrogens with one attached hydrogen (secondary N) is 2. The van der Waals surface area contributed by atoms with Crippen LogP contribution in [0.1, 0.15) is 20.9 Å². The van der Waals surface area contributed by atoms with E-state index in [1.807, 2.05) is 0 Å². The van der Waals surface area contributed by atoms with Crippen LogP contribution >= 0.6 is 11.3 Å². The first-order valence-corrected chi connectivity index (χ1v) is 6.05. The van der Waals surface area contributed by atoms with Crippen molar-refractivity contribution in [2.45, 2.75) is 13.1 Å². The van der Waals surface area contributed by atoms with Gasteiger partial charge in [-0.25, -0.2) is 4.98 Å². The molecule has 1 aliphatic heterocycles. The molecule has 1 amide bonds. The van der Waals surface area contributed by atoms with Crippen LogP contribution in [0.2, 0.25) is 0 Å². The lowest BCUT2D eigenvalue weighted by molar-refractivity contribution is 0.102. The predicted octanol–water partition coefficient (Wildman–Crippen LogP) is 1.39. The molecule has 0 unspecified atom stereocenters. The van der Waals surface area contributed by atoms with E-state index >= 15 is 0 Å². The van der Waals surface area contributed by atoms with Crippen molar-refractivity contribution in [1.82, 2.24) is 15.3 Å². The van der Waals surface area contributed by atoms with Crippen LogP contribution < -0.4 is 10.6 Å². The van der Waals surface area contributed by atoms with Crippen LogP contribution in [0.3, 0.4) is 0 Å². The van der Waals surface area contributed by atoms with Crippen molar-refractivity contribution in [1.29, 1.82) is 0 Å². The van der Waals surface area contributed by atoms with Crippen molar-refractivity contribution in [3.63, 3.8) is 0 Å². The molecule has 3 rings (SSSR count). The second kappa shape index (κ2) is 4.23. The molecule has 0 aliphatic carbocycles. The highest BCUT2D eigenvalue weighted by molar-refractivity contribution is 7.15. The summed E-state index contributed by atoms with van der Waals surface area (Å²) in [4.78, 5) is 21.3. The number of carbonyl (C=O) groups excluding carboxylic acids is 1. The van der Waals surface area contributed by atoms with Crippen LogP contribution in [0.15, 0.2) is 24.5 Å². The fourth-order valence-corrected chi connectivity index (χ4v) is 2.62. The summed E-state index contributed by atoms with van der Waals surface area (Å²) in [5, 5.41) is 6.67. The number of thiazole rings is 1. The number of rotatable bonds is 2.